The highest BCUT2D eigenvalue weighted by Crippen LogP contribution is 2.20. The van der Waals surface area contributed by atoms with Crippen molar-refractivity contribution in [2.45, 2.75) is 32.8 Å². The van der Waals surface area contributed by atoms with E-state index in [-0.39, 0.29) is 5.91 Å². The molecule has 0 radical (unpaired) electrons. The fourth-order valence-corrected chi connectivity index (χ4v) is 2.28. The molecular formula is C20H26N2O2. The van der Waals surface area contributed by atoms with Crippen LogP contribution >= 0.6 is 0 Å². The Balaban J connectivity index is 1.94. The van der Waals surface area contributed by atoms with Crippen molar-refractivity contribution in [3.8, 4) is 5.75 Å². The molecule has 0 aliphatic rings. The number of hydrogen-bond acceptors (Lipinski definition) is 3. The number of rotatable bonds is 6. The standard InChI is InChI=1S/C20H26N2O2/c1-14(2)16-6-12-19(13-7-16)24-15(3)20(23)21-17-8-10-18(11-9-17)22(4)5/h6-15H,1-5H3,(H,21,23). The van der Waals surface area contributed by atoms with E-state index in [1.807, 2.05) is 67.5 Å². The minimum absolute atomic E-state index is 0.166. The van der Waals surface area contributed by atoms with Crippen molar-refractivity contribution >= 4 is 17.3 Å². The van der Waals surface area contributed by atoms with Gasteiger partial charge in [-0.05, 0) is 54.8 Å². The van der Waals surface area contributed by atoms with Gasteiger partial charge in [0.1, 0.15) is 5.75 Å². The van der Waals surface area contributed by atoms with Gasteiger partial charge in [-0.25, -0.2) is 0 Å². The van der Waals surface area contributed by atoms with E-state index in [1.165, 1.54) is 5.56 Å². The van der Waals surface area contributed by atoms with Crippen LogP contribution in [0.3, 0.4) is 0 Å². The van der Waals surface area contributed by atoms with Crippen LogP contribution < -0.4 is 15.0 Å². The minimum atomic E-state index is -0.566. The lowest BCUT2D eigenvalue weighted by Crippen LogP contribution is -2.30. The molecule has 0 aliphatic heterocycles. The molecule has 0 aliphatic carbocycles. The molecule has 2 rings (SSSR count). The summed E-state index contributed by atoms with van der Waals surface area (Å²) in [6.45, 7) is 6.04. The van der Waals surface area contributed by atoms with Gasteiger partial charge in [0.15, 0.2) is 6.10 Å². The van der Waals surface area contributed by atoms with E-state index in [0.29, 0.717) is 11.7 Å². The number of nitrogens with zero attached hydrogens (tertiary/aromatic N) is 1. The summed E-state index contributed by atoms with van der Waals surface area (Å²) in [4.78, 5) is 14.3. The first kappa shape index (κ1) is 17.9. The van der Waals surface area contributed by atoms with Crippen LogP contribution in [0.1, 0.15) is 32.3 Å². The van der Waals surface area contributed by atoms with Crippen molar-refractivity contribution in [2.75, 3.05) is 24.3 Å². The molecule has 4 heteroatoms. The average Bonchev–Trinajstić information content (AvgIpc) is 2.55. The molecule has 0 saturated heterocycles. The number of hydrogen-bond donors (Lipinski definition) is 1. The van der Waals surface area contributed by atoms with Crippen LogP contribution in [0.2, 0.25) is 0 Å². The lowest BCUT2D eigenvalue weighted by atomic mass is 10.0. The van der Waals surface area contributed by atoms with E-state index in [0.717, 1.165) is 11.4 Å². The Bertz CT molecular complexity index is 661. The van der Waals surface area contributed by atoms with E-state index < -0.39 is 6.10 Å². The summed E-state index contributed by atoms with van der Waals surface area (Å²) < 4.78 is 5.72. The molecule has 24 heavy (non-hydrogen) atoms. The summed E-state index contributed by atoms with van der Waals surface area (Å²) in [5.41, 5.74) is 3.10. The van der Waals surface area contributed by atoms with E-state index in [4.69, 9.17) is 4.74 Å². The van der Waals surface area contributed by atoms with E-state index >= 15 is 0 Å². The topological polar surface area (TPSA) is 41.6 Å². The number of carbonyl (C=O) groups is 1. The van der Waals surface area contributed by atoms with Gasteiger partial charge in [-0.1, -0.05) is 26.0 Å². The normalized spacial score (nSPS) is 11.9. The zero-order valence-electron chi connectivity index (χ0n) is 15.0. The number of benzene rings is 2. The fourth-order valence-electron chi connectivity index (χ4n) is 2.28. The summed E-state index contributed by atoms with van der Waals surface area (Å²) in [7, 11) is 3.96. The van der Waals surface area contributed by atoms with Crippen molar-refractivity contribution < 1.29 is 9.53 Å². The molecule has 0 saturated carbocycles. The van der Waals surface area contributed by atoms with E-state index in [1.54, 1.807) is 6.92 Å². The summed E-state index contributed by atoms with van der Waals surface area (Å²) in [5.74, 6) is 1.01. The summed E-state index contributed by atoms with van der Waals surface area (Å²) >= 11 is 0. The molecule has 0 aromatic heterocycles. The van der Waals surface area contributed by atoms with Crippen LogP contribution in [0.25, 0.3) is 0 Å². The van der Waals surface area contributed by atoms with Gasteiger partial charge < -0.3 is 15.0 Å². The van der Waals surface area contributed by atoms with Crippen molar-refractivity contribution in [3.05, 3.63) is 54.1 Å². The van der Waals surface area contributed by atoms with Crippen LogP contribution in [-0.4, -0.2) is 26.1 Å². The van der Waals surface area contributed by atoms with Crippen molar-refractivity contribution in [2.24, 2.45) is 0 Å². The fraction of sp³-hybridized carbons (Fsp3) is 0.350. The Hall–Kier alpha value is -2.49. The van der Waals surface area contributed by atoms with Gasteiger partial charge in [0.2, 0.25) is 0 Å². The quantitative estimate of drug-likeness (QED) is 0.861. The van der Waals surface area contributed by atoms with E-state index in [2.05, 4.69) is 19.2 Å². The van der Waals surface area contributed by atoms with Crippen LogP contribution in [-0.2, 0) is 4.79 Å². The number of ether oxygens (including phenoxy) is 1. The first-order valence-corrected chi connectivity index (χ1v) is 8.21. The molecule has 2 aromatic carbocycles. The highest BCUT2D eigenvalue weighted by molar-refractivity contribution is 5.94. The second-order valence-electron chi connectivity index (χ2n) is 6.41. The lowest BCUT2D eigenvalue weighted by Gasteiger charge is -2.16. The van der Waals surface area contributed by atoms with Crippen LogP contribution in [0.4, 0.5) is 11.4 Å². The molecule has 128 valence electrons. The van der Waals surface area contributed by atoms with Gasteiger partial charge in [-0.15, -0.1) is 0 Å². The lowest BCUT2D eigenvalue weighted by molar-refractivity contribution is -0.122. The number of amides is 1. The van der Waals surface area contributed by atoms with Crippen LogP contribution in [0.15, 0.2) is 48.5 Å². The molecule has 2 aromatic rings. The molecule has 1 unspecified atom stereocenters. The molecule has 1 N–H and O–H groups in total. The van der Waals surface area contributed by atoms with Crippen LogP contribution in [0.5, 0.6) is 5.75 Å². The van der Waals surface area contributed by atoms with Crippen molar-refractivity contribution in [1.29, 1.82) is 0 Å². The monoisotopic (exact) mass is 326 g/mol. The van der Waals surface area contributed by atoms with Gasteiger partial charge in [-0.2, -0.15) is 0 Å². The molecule has 0 heterocycles. The molecule has 0 spiro atoms. The van der Waals surface area contributed by atoms with Gasteiger partial charge in [0.25, 0.3) is 5.91 Å². The third-order valence-corrected chi connectivity index (χ3v) is 3.88. The Morgan fingerprint density at radius 2 is 1.54 bits per heavy atom. The third kappa shape index (κ3) is 4.75. The second kappa shape index (κ2) is 7.86. The minimum Gasteiger partial charge on any atom is -0.481 e. The first-order valence-electron chi connectivity index (χ1n) is 8.21. The summed E-state index contributed by atoms with van der Waals surface area (Å²) in [5, 5.41) is 2.88. The maximum Gasteiger partial charge on any atom is 0.265 e. The number of nitrogens with one attached hydrogen (secondary N) is 1. The maximum absolute atomic E-state index is 12.3. The van der Waals surface area contributed by atoms with Crippen LogP contribution in [0, 0.1) is 0 Å². The van der Waals surface area contributed by atoms with Gasteiger partial charge in [-0.3, -0.25) is 4.79 Å². The number of carbonyl (C=O) groups excluding carboxylic acids is 1. The Morgan fingerprint density at radius 1 is 0.958 bits per heavy atom. The van der Waals surface area contributed by atoms with Gasteiger partial charge >= 0.3 is 0 Å². The molecular weight excluding hydrogens is 300 g/mol. The number of anilines is 2. The molecule has 1 amide bonds. The zero-order valence-corrected chi connectivity index (χ0v) is 15.0. The second-order valence-corrected chi connectivity index (χ2v) is 6.41. The Kier molecular flexibility index (Phi) is 5.85. The predicted molar refractivity (Wildman–Crippen MR) is 100 cm³/mol. The largest absolute Gasteiger partial charge is 0.481 e. The van der Waals surface area contributed by atoms with Crippen molar-refractivity contribution in [3.63, 3.8) is 0 Å². The van der Waals surface area contributed by atoms with Gasteiger partial charge in [0, 0.05) is 25.5 Å². The molecule has 0 fully saturated rings. The van der Waals surface area contributed by atoms with Crippen molar-refractivity contribution in [1.82, 2.24) is 0 Å². The molecule has 1 atom stereocenters. The maximum atomic E-state index is 12.3. The highest BCUT2D eigenvalue weighted by Gasteiger charge is 2.15. The third-order valence-electron chi connectivity index (χ3n) is 3.88. The highest BCUT2D eigenvalue weighted by atomic mass is 16.5. The van der Waals surface area contributed by atoms with Gasteiger partial charge in [0.05, 0.1) is 0 Å². The average molecular weight is 326 g/mol. The Morgan fingerprint density at radius 3 is 2.04 bits per heavy atom. The smallest absolute Gasteiger partial charge is 0.265 e. The van der Waals surface area contributed by atoms with E-state index in [9.17, 15) is 4.79 Å². The zero-order chi connectivity index (χ0) is 17.7. The Labute approximate surface area is 144 Å². The first-order chi connectivity index (χ1) is 11.4. The summed E-state index contributed by atoms with van der Waals surface area (Å²) in [6.07, 6.45) is -0.566. The summed E-state index contributed by atoms with van der Waals surface area (Å²) in [6, 6.07) is 15.6. The molecule has 0 bridgehead atoms. The molecule has 4 nitrogen and oxygen atoms in total. The SMILES string of the molecule is CC(Oc1ccc(C(C)C)cc1)C(=O)Nc1ccc(N(C)C)cc1. The predicted octanol–water partition coefficient (Wildman–Crippen LogP) is 4.28.